The lowest BCUT2D eigenvalue weighted by atomic mass is 10.4. The van der Waals surface area contributed by atoms with Gasteiger partial charge in [0.25, 0.3) is 0 Å². The number of sulfonamides is 1. The zero-order valence-corrected chi connectivity index (χ0v) is 17.2. The number of guanidine groups is 1. The molecular formula is C12H24IN5O2S2. The van der Waals surface area contributed by atoms with E-state index >= 15 is 0 Å². The summed E-state index contributed by atoms with van der Waals surface area (Å²) in [4.78, 5) is 9.69. The number of rotatable bonds is 7. The highest BCUT2D eigenvalue weighted by Gasteiger charge is 2.05. The maximum absolute atomic E-state index is 10.9. The summed E-state index contributed by atoms with van der Waals surface area (Å²) in [6, 6.07) is 0. The summed E-state index contributed by atoms with van der Waals surface area (Å²) in [5.41, 5.74) is 1.04. The van der Waals surface area contributed by atoms with Crippen LogP contribution in [0.4, 0.5) is 0 Å². The molecule has 0 fully saturated rings. The van der Waals surface area contributed by atoms with Crippen LogP contribution in [-0.2, 0) is 16.6 Å². The fourth-order valence-corrected chi connectivity index (χ4v) is 3.07. The van der Waals surface area contributed by atoms with Crippen molar-refractivity contribution in [1.82, 2.24) is 20.3 Å². The summed E-state index contributed by atoms with van der Waals surface area (Å²) in [6.45, 7) is 5.72. The number of hydrogen-bond acceptors (Lipinski definition) is 5. The van der Waals surface area contributed by atoms with Gasteiger partial charge in [-0.15, -0.1) is 35.3 Å². The molecule has 1 heterocycles. The minimum absolute atomic E-state index is 0. The maximum Gasteiger partial charge on any atom is 0.208 e. The van der Waals surface area contributed by atoms with Gasteiger partial charge >= 0.3 is 0 Å². The number of aromatic nitrogens is 1. The number of halogens is 1. The number of nitrogens with zero attached hydrogens (tertiary/aromatic N) is 2. The smallest absolute Gasteiger partial charge is 0.208 e. The lowest BCUT2D eigenvalue weighted by Crippen LogP contribution is -2.38. The third-order valence-corrected chi connectivity index (χ3v) is 4.45. The van der Waals surface area contributed by atoms with E-state index in [9.17, 15) is 8.42 Å². The van der Waals surface area contributed by atoms with Gasteiger partial charge in [-0.05, 0) is 20.3 Å². The van der Waals surface area contributed by atoms with E-state index in [0.29, 0.717) is 32.0 Å². The summed E-state index contributed by atoms with van der Waals surface area (Å²) < 4.78 is 24.3. The standard InChI is InChI=1S/C12H23N5O2S2.HI/c1-9-11(20-10(2)17-9)8-15-12(13-3)14-6-5-7-16-21(4,18)19;/h16H,5-8H2,1-4H3,(H2,13,14,15);1H. The highest BCUT2D eigenvalue weighted by atomic mass is 127. The number of aliphatic imine (C=N–C) groups is 1. The van der Waals surface area contributed by atoms with Crippen molar-refractivity contribution in [2.45, 2.75) is 26.8 Å². The Balaban J connectivity index is 0.00000441. The molecule has 1 rings (SSSR count). The Morgan fingerprint density at radius 1 is 1.27 bits per heavy atom. The van der Waals surface area contributed by atoms with Crippen molar-refractivity contribution >= 4 is 51.3 Å². The minimum atomic E-state index is -3.11. The van der Waals surface area contributed by atoms with Gasteiger partial charge in [-0.25, -0.2) is 18.1 Å². The predicted molar refractivity (Wildman–Crippen MR) is 103 cm³/mol. The van der Waals surface area contributed by atoms with Gasteiger partial charge in [-0.1, -0.05) is 0 Å². The number of thiazole rings is 1. The van der Waals surface area contributed by atoms with E-state index in [2.05, 4.69) is 25.3 Å². The van der Waals surface area contributed by atoms with Crippen LogP contribution in [0.1, 0.15) is 22.0 Å². The van der Waals surface area contributed by atoms with Crippen LogP contribution in [0.5, 0.6) is 0 Å². The Morgan fingerprint density at radius 2 is 1.95 bits per heavy atom. The summed E-state index contributed by atoms with van der Waals surface area (Å²) in [5.74, 6) is 0.694. The molecule has 10 heteroatoms. The van der Waals surface area contributed by atoms with Crippen molar-refractivity contribution in [1.29, 1.82) is 0 Å². The highest BCUT2D eigenvalue weighted by Crippen LogP contribution is 2.16. The van der Waals surface area contributed by atoms with Crippen molar-refractivity contribution in [3.05, 3.63) is 15.6 Å². The van der Waals surface area contributed by atoms with Crippen LogP contribution in [0.15, 0.2) is 4.99 Å². The second-order valence-corrected chi connectivity index (χ2v) is 7.73. The first kappa shape index (κ1) is 21.5. The quantitative estimate of drug-likeness (QED) is 0.244. The Hall–Kier alpha value is -0.460. The largest absolute Gasteiger partial charge is 0.356 e. The molecular weight excluding hydrogens is 437 g/mol. The van der Waals surface area contributed by atoms with Gasteiger partial charge in [0.15, 0.2) is 5.96 Å². The van der Waals surface area contributed by atoms with Gasteiger partial charge in [-0.3, -0.25) is 4.99 Å². The third-order valence-electron chi connectivity index (χ3n) is 2.65. The molecule has 0 unspecified atom stereocenters. The average molecular weight is 461 g/mol. The molecule has 0 saturated carbocycles. The highest BCUT2D eigenvalue weighted by molar-refractivity contribution is 14.0. The van der Waals surface area contributed by atoms with E-state index in [4.69, 9.17) is 0 Å². The summed E-state index contributed by atoms with van der Waals surface area (Å²) in [5, 5.41) is 7.41. The fourth-order valence-electron chi connectivity index (χ4n) is 1.67. The number of nitrogens with one attached hydrogen (secondary N) is 3. The lowest BCUT2D eigenvalue weighted by Gasteiger charge is -2.11. The van der Waals surface area contributed by atoms with Crippen molar-refractivity contribution in [2.24, 2.45) is 4.99 Å². The first-order valence-electron chi connectivity index (χ1n) is 6.64. The third kappa shape index (κ3) is 8.86. The van der Waals surface area contributed by atoms with Crippen LogP contribution in [0, 0.1) is 13.8 Å². The summed E-state index contributed by atoms with van der Waals surface area (Å²) in [6.07, 6.45) is 1.84. The molecule has 1 aromatic heterocycles. The molecule has 0 saturated heterocycles. The Morgan fingerprint density at radius 3 is 2.45 bits per heavy atom. The lowest BCUT2D eigenvalue weighted by molar-refractivity contribution is 0.584. The molecule has 22 heavy (non-hydrogen) atoms. The molecule has 0 atom stereocenters. The van der Waals surface area contributed by atoms with Crippen LogP contribution < -0.4 is 15.4 Å². The molecule has 128 valence electrons. The molecule has 0 aromatic carbocycles. The fraction of sp³-hybridized carbons (Fsp3) is 0.667. The van der Waals surface area contributed by atoms with Gasteiger partial charge < -0.3 is 10.6 Å². The van der Waals surface area contributed by atoms with Crippen molar-refractivity contribution in [2.75, 3.05) is 26.4 Å². The van der Waals surface area contributed by atoms with Crippen molar-refractivity contribution < 1.29 is 8.42 Å². The van der Waals surface area contributed by atoms with E-state index in [0.717, 1.165) is 17.0 Å². The van der Waals surface area contributed by atoms with Gasteiger partial charge in [0.2, 0.25) is 10.0 Å². The van der Waals surface area contributed by atoms with Crippen LogP contribution in [-0.4, -0.2) is 45.8 Å². The van der Waals surface area contributed by atoms with Gasteiger partial charge in [0, 0.05) is 25.0 Å². The molecule has 0 aliphatic heterocycles. The zero-order chi connectivity index (χ0) is 15.9. The number of hydrogen-bond donors (Lipinski definition) is 3. The van der Waals surface area contributed by atoms with Crippen LogP contribution in [0.25, 0.3) is 0 Å². The molecule has 0 aliphatic carbocycles. The van der Waals surface area contributed by atoms with E-state index in [1.54, 1.807) is 18.4 Å². The monoisotopic (exact) mass is 461 g/mol. The molecule has 3 N–H and O–H groups in total. The molecule has 1 aromatic rings. The molecule has 7 nitrogen and oxygen atoms in total. The second kappa shape index (κ2) is 10.3. The molecule has 0 spiro atoms. The summed E-state index contributed by atoms with van der Waals surface area (Å²) in [7, 11) is -1.41. The van der Waals surface area contributed by atoms with Gasteiger partial charge in [0.1, 0.15) is 0 Å². The Labute approximate surface area is 153 Å². The Kier molecular flexibility index (Phi) is 10.1. The molecule has 0 bridgehead atoms. The number of aryl methyl sites for hydroxylation is 2. The van der Waals surface area contributed by atoms with E-state index < -0.39 is 10.0 Å². The zero-order valence-electron chi connectivity index (χ0n) is 13.3. The van der Waals surface area contributed by atoms with E-state index in [1.165, 1.54) is 4.88 Å². The molecule has 0 aliphatic rings. The molecule has 0 radical (unpaired) electrons. The summed E-state index contributed by atoms with van der Waals surface area (Å²) >= 11 is 1.67. The first-order valence-corrected chi connectivity index (χ1v) is 9.34. The maximum atomic E-state index is 10.9. The van der Waals surface area contributed by atoms with E-state index in [-0.39, 0.29) is 24.0 Å². The first-order chi connectivity index (χ1) is 9.81. The topological polar surface area (TPSA) is 95.5 Å². The predicted octanol–water partition coefficient (Wildman–Crippen LogP) is 0.982. The van der Waals surface area contributed by atoms with E-state index in [1.807, 2.05) is 13.8 Å². The van der Waals surface area contributed by atoms with Gasteiger partial charge in [-0.2, -0.15) is 0 Å². The second-order valence-electron chi connectivity index (χ2n) is 4.61. The van der Waals surface area contributed by atoms with Crippen LogP contribution in [0.2, 0.25) is 0 Å². The minimum Gasteiger partial charge on any atom is -0.356 e. The SMILES string of the molecule is CN=C(NCCCNS(C)(=O)=O)NCc1sc(C)nc1C.I. The van der Waals surface area contributed by atoms with Gasteiger partial charge in [0.05, 0.1) is 23.5 Å². The van der Waals surface area contributed by atoms with Crippen LogP contribution in [0.3, 0.4) is 0 Å². The molecule has 0 amide bonds. The van der Waals surface area contributed by atoms with Crippen molar-refractivity contribution in [3.63, 3.8) is 0 Å². The van der Waals surface area contributed by atoms with Crippen molar-refractivity contribution in [3.8, 4) is 0 Å². The average Bonchev–Trinajstić information content (AvgIpc) is 2.70. The Bertz CT molecular complexity index is 586. The van der Waals surface area contributed by atoms with Crippen LogP contribution >= 0.6 is 35.3 Å². The normalized spacial score (nSPS) is 11.9.